The molecule has 1 aromatic rings. The molecule has 2 N–H and O–H groups in total. The zero-order chi connectivity index (χ0) is 16.7. The molecule has 0 aromatic carbocycles. The maximum Gasteiger partial charge on any atom is 0.191 e. The van der Waals surface area contributed by atoms with Crippen molar-refractivity contribution in [3.63, 3.8) is 0 Å². The fraction of sp³-hybridized carbons (Fsp3) is 0.765. The van der Waals surface area contributed by atoms with Crippen molar-refractivity contribution < 1.29 is 4.74 Å². The molecule has 0 bridgehead atoms. The molecule has 1 aliphatic rings. The summed E-state index contributed by atoms with van der Waals surface area (Å²) in [6.45, 7) is 9.01. The second-order valence-electron chi connectivity index (χ2n) is 6.09. The summed E-state index contributed by atoms with van der Waals surface area (Å²) in [5.74, 6) is 0.864. The first-order valence-corrected chi connectivity index (χ1v) is 8.76. The van der Waals surface area contributed by atoms with Crippen molar-refractivity contribution in [3.8, 4) is 0 Å². The van der Waals surface area contributed by atoms with E-state index in [9.17, 15) is 0 Å². The smallest absolute Gasteiger partial charge is 0.191 e. The van der Waals surface area contributed by atoms with Crippen LogP contribution in [0.3, 0.4) is 0 Å². The second kappa shape index (κ2) is 10.2. The fourth-order valence-electron chi connectivity index (χ4n) is 3.66. The Morgan fingerprint density at radius 3 is 2.67 bits per heavy atom. The quantitative estimate of drug-likeness (QED) is 0.364. The monoisotopic (exact) mass is 449 g/mol. The van der Waals surface area contributed by atoms with E-state index in [2.05, 4.69) is 41.5 Å². The summed E-state index contributed by atoms with van der Waals surface area (Å²) in [5, 5.41) is 11.2. The van der Waals surface area contributed by atoms with Gasteiger partial charge in [0.25, 0.3) is 0 Å². The Hall–Kier alpha value is -0.830. The van der Waals surface area contributed by atoms with Crippen LogP contribution in [0.2, 0.25) is 0 Å². The summed E-state index contributed by atoms with van der Waals surface area (Å²) in [7, 11) is 1.82. The van der Waals surface area contributed by atoms with Crippen molar-refractivity contribution in [3.05, 3.63) is 18.5 Å². The second-order valence-corrected chi connectivity index (χ2v) is 6.09. The lowest BCUT2D eigenvalue weighted by molar-refractivity contribution is -0.133. The van der Waals surface area contributed by atoms with Crippen LogP contribution in [0.15, 0.2) is 23.5 Å². The van der Waals surface area contributed by atoms with Crippen molar-refractivity contribution >= 4 is 29.9 Å². The molecule has 24 heavy (non-hydrogen) atoms. The minimum atomic E-state index is 0. The first-order valence-electron chi connectivity index (χ1n) is 8.76. The molecule has 1 fully saturated rings. The molecule has 2 unspecified atom stereocenters. The molecule has 0 aliphatic heterocycles. The van der Waals surface area contributed by atoms with Crippen LogP contribution in [-0.4, -0.2) is 48.1 Å². The van der Waals surface area contributed by atoms with Gasteiger partial charge in [-0.05, 0) is 32.3 Å². The molecule has 2 rings (SSSR count). The first kappa shape index (κ1) is 21.2. The van der Waals surface area contributed by atoms with Crippen molar-refractivity contribution in [2.45, 2.75) is 58.7 Å². The third-order valence-electron chi connectivity index (χ3n) is 5.20. The van der Waals surface area contributed by atoms with E-state index in [0.29, 0.717) is 12.1 Å². The zero-order valence-electron chi connectivity index (χ0n) is 15.3. The average Bonchev–Trinajstić information content (AvgIpc) is 3.07. The molecule has 0 spiro atoms. The normalized spacial score (nSPS) is 22.4. The Morgan fingerprint density at radius 2 is 2.12 bits per heavy atom. The van der Waals surface area contributed by atoms with Crippen molar-refractivity contribution in [1.82, 2.24) is 20.4 Å². The third-order valence-corrected chi connectivity index (χ3v) is 5.20. The highest BCUT2D eigenvalue weighted by Crippen LogP contribution is 2.48. The Morgan fingerprint density at radius 1 is 1.38 bits per heavy atom. The van der Waals surface area contributed by atoms with Crippen LogP contribution in [0.25, 0.3) is 0 Å². The summed E-state index contributed by atoms with van der Waals surface area (Å²) < 4.78 is 7.85. The average molecular weight is 449 g/mol. The number of aliphatic imine (C=N–C) groups is 1. The van der Waals surface area contributed by atoms with Crippen LogP contribution < -0.4 is 10.6 Å². The highest BCUT2D eigenvalue weighted by Gasteiger charge is 2.53. The Kier molecular flexibility index (Phi) is 9.04. The lowest BCUT2D eigenvalue weighted by Crippen LogP contribution is -2.65. The minimum Gasteiger partial charge on any atom is -0.378 e. The topological polar surface area (TPSA) is 63.5 Å². The number of nitrogens with one attached hydrogen (secondary N) is 2. The summed E-state index contributed by atoms with van der Waals surface area (Å²) in [6, 6.07) is 2.36. The minimum absolute atomic E-state index is 0. The Labute approximate surface area is 162 Å². The number of hydrogen-bond donors (Lipinski definition) is 2. The number of hydrogen-bond acceptors (Lipinski definition) is 3. The molecule has 138 valence electrons. The van der Waals surface area contributed by atoms with E-state index in [4.69, 9.17) is 4.74 Å². The van der Waals surface area contributed by atoms with E-state index in [0.717, 1.165) is 44.9 Å². The number of ether oxygens (including phenoxy) is 1. The van der Waals surface area contributed by atoms with Gasteiger partial charge in [0.1, 0.15) is 0 Å². The predicted molar refractivity (Wildman–Crippen MR) is 109 cm³/mol. The molecule has 2 atom stereocenters. The number of aromatic nitrogens is 2. The molecule has 1 heterocycles. The maximum atomic E-state index is 5.94. The molecular formula is C17H32IN5O. The van der Waals surface area contributed by atoms with E-state index in [-0.39, 0.29) is 29.4 Å². The number of halogens is 1. The van der Waals surface area contributed by atoms with Crippen molar-refractivity contribution in [1.29, 1.82) is 0 Å². The zero-order valence-corrected chi connectivity index (χ0v) is 17.6. The van der Waals surface area contributed by atoms with Gasteiger partial charge < -0.3 is 15.4 Å². The molecule has 1 saturated carbocycles. The van der Waals surface area contributed by atoms with Gasteiger partial charge in [-0.25, -0.2) is 0 Å². The largest absolute Gasteiger partial charge is 0.378 e. The van der Waals surface area contributed by atoms with E-state index < -0.39 is 0 Å². The van der Waals surface area contributed by atoms with Gasteiger partial charge in [-0.15, -0.1) is 24.0 Å². The van der Waals surface area contributed by atoms with Crippen molar-refractivity contribution in [2.75, 3.05) is 20.2 Å². The number of nitrogens with zero attached hydrogens (tertiary/aromatic N) is 3. The molecule has 1 aliphatic carbocycles. The van der Waals surface area contributed by atoms with E-state index in [1.54, 1.807) is 6.20 Å². The molecular weight excluding hydrogens is 417 g/mol. The van der Waals surface area contributed by atoms with Gasteiger partial charge in [0.15, 0.2) is 5.96 Å². The van der Waals surface area contributed by atoms with Crippen LogP contribution in [0.4, 0.5) is 0 Å². The third kappa shape index (κ3) is 4.62. The molecule has 0 radical (unpaired) electrons. The lowest BCUT2D eigenvalue weighted by atomic mass is 9.58. The van der Waals surface area contributed by atoms with Gasteiger partial charge in [0.05, 0.1) is 12.6 Å². The molecule has 0 saturated heterocycles. The fourth-order valence-corrected chi connectivity index (χ4v) is 3.66. The van der Waals surface area contributed by atoms with E-state index >= 15 is 0 Å². The Bertz CT molecular complexity index is 487. The maximum absolute atomic E-state index is 5.94. The summed E-state index contributed by atoms with van der Waals surface area (Å²) in [6.07, 6.45) is 7.42. The van der Waals surface area contributed by atoms with Crippen LogP contribution in [0.1, 0.15) is 40.0 Å². The van der Waals surface area contributed by atoms with Crippen LogP contribution in [0.5, 0.6) is 0 Å². The van der Waals surface area contributed by atoms with Crippen LogP contribution in [-0.2, 0) is 11.3 Å². The van der Waals surface area contributed by atoms with Crippen molar-refractivity contribution in [2.24, 2.45) is 10.4 Å². The van der Waals surface area contributed by atoms with Gasteiger partial charge in [-0.2, -0.15) is 5.10 Å². The number of guanidine groups is 1. The standard InChI is InChI=1S/C17H31N5O.HI/c1-5-17(6-2)14(13-15(17)23-7-3)21-16(18-4)19-10-12-22-11-8-9-20-22;/h8-9,11,14-15H,5-7,10,12-13H2,1-4H3,(H2,18,19,21);1H. The van der Waals surface area contributed by atoms with E-state index in [1.807, 2.05) is 24.0 Å². The van der Waals surface area contributed by atoms with E-state index in [1.165, 1.54) is 0 Å². The molecule has 0 amide bonds. The highest BCUT2D eigenvalue weighted by molar-refractivity contribution is 14.0. The summed E-state index contributed by atoms with van der Waals surface area (Å²) in [4.78, 5) is 4.36. The Balaban J connectivity index is 0.00000288. The lowest BCUT2D eigenvalue weighted by Gasteiger charge is -2.55. The summed E-state index contributed by atoms with van der Waals surface area (Å²) in [5.41, 5.74) is 0.218. The van der Waals surface area contributed by atoms with Crippen LogP contribution in [0, 0.1) is 5.41 Å². The van der Waals surface area contributed by atoms with Gasteiger partial charge in [0.2, 0.25) is 0 Å². The predicted octanol–water partition coefficient (Wildman–Crippen LogP) is 2.65. The molecule has 7 heteroatoms. The van der Waals surface area contributed by atoms with Gasteiger partial charge in [-0.1, -0.05) is 13.8 Å². The van der Waals surface area contributed by atoms with Crippen LogP contribution >= 0.6 is 24.0 Å². The number of rotatable bonds is 8. The SMILES string of the molecule is CCOC1CC(NC(=NC)NCCn2cccn2)C1(CC)CC.I. The first-order chi connectivity index (χ1) is 11.2. The van der Waals surface area contributed by atoms with Gasteiger partial charge in [-0.3, -0.25) is 9.67 Å². The molecule has 6 nitrogen and oxygen atoms in total. The highest BCUT2D eigenvalue weighted by atomic mass is 127. The van der Waals surface area contributed by atoms with Gasteiger partial charge >= 0.3 is 0 Å². The van der Waals surface area contributed by atoms with Gasteiger partial charge in [0, 0.05) is 44.0 Å². The summed E-state index contributed by atoms with van der Waals surface area (Å²) >= 11 is 0. The molecule has 1 aromatic heterocycles.